The fraction of sp³-hybridized carbons (Fsp3) is 0.917. The topological polar surface area (TPSA) is 56.4 Å². The molecule has 0 spiro atoms. The van der Waals surface area contributed by atoms with E-state index in [2.05, 4.69) is 4.90 Å². The zero-order chi connectivity index (χ0) is 14.8. The molecule has 112 valence electrons. The highest BCUT2D eigenvalue weighted by Gasteiger charge is 2.44. The zero-order valence-electron chi connectivity index (χ0n) is 11.7. The van der Waals surface area contributed by atoms with Crippen LogP contribution in [0.2, 0.25) is 0 Å². The molecule has 0 amide bonds. The van der Waals surface area contributed by atoms with E-state index in [0.29, 0.717) is 6.54 Å². The standard InChI is InChI=1S/C12H23F3N4/c1-18(2)11(5-4-6-11)8-19(3)7-9(10(16)17)12(13,14)15/h9H,4-8H2,1-3H3,(H3,16,17). The Balaban J connectivity index is 2.63. The molecule has 0 aliphatic heterocycles. The van der Waals surface area contributed by atoms with Crippen LogP contribution in [-0.2, 0) is 0 Å². The van der Waals surface area contributed by atoms with Gasteiger partial charge in [-0.15, -0.1) is 0 Å². The van der Waals surface area contributed by atoms with Gasteiger partial charge in [0.1, 0.15) is 11.8 Å². The Morgan fingerprint density at radius 1 is 1.32 bits per heavy atom. The van der Waals surface area contributed by atoms with Crippen molar-refractivity contribution in [3.05, 3.63) is 0 Å². The normalized spacial score (nSPS) is 20.4. The second-order valence-electron chi connectivity index (χ2n) is 5.72. The van der Waals surface area contributed by atoms with Crippen LogP contribution in [0.1, 0.15) is 19.3 Å². The van der Waals surface area contributed by atoms with Gasteiger partial charge in [-0.1, -0.05) is 0 Å². The lowest BCUT2D eigenvalue weighted by Crippen LogP contribution is -2.57. The van der Waals surface area contributed by atoms with Crippen LogP contribution in [0.25, 0.3) is 0 Å². The number of rotatable bonds is 6. The molecule has 4 nitrogen and oxygen atoms in total. The van der Waals surface area contributed by atoms with E-state index in [0.717, 1.165) is 19.3 Å². The van der Waals surface area contributed by atoms with Gasteiger partial charge >= 0.3 is 6.18 Å². The van der Waals surface area contributed by atoms with Crippen molar-refractivity contribution in [1.82, 2.24) is 9.80 Å². The van der Waals surface area contributed by atoms with Crippen molar-refractivity contribution in [2.45, 2.75) is 31.0 Å². The van der Waals surface area contributed by atoms with Crippen LogP contribution in [0.15, 0.2) is 0 Å². The average Bonchev–Trinajstić information content (AvgIpc) is 2.17. The van der Waals surface area contributed by atoms with E-state index in [1.807, 2.05) is 14.1 Å². The smallest absolute Gasteiger partial charge is 0.387 e. The third kappa shape index (κ3) is 3.82. The Morgan fingerprint density at radius 3 is 2.11 bits per heavy atom. The van der Waals surface area contributed by atoms with Crippen LogP contribution in [0, 0.1) is 11.3 Å². The molecule has 1 rings (SSSR count). The maximum atomic E-state index is 12.8. The van der Waals surface area contributed by atoms with E-state index in [9.17, 15) is 13.2 Å². The summed E-state index contributed by atoms with van der Waals surface area (Å²) in [7, 11) is 5.57. The van der Waals surface area contributed by atoms with Crippen LogP contribution in [0.4, 0.5) is 13.2 Å². The number of amidine groups is 1. The van der Waals surface area contributed by atoms with Crippen LogP contribution in [0.5, 0.6) is 0 Å². The number of hydrogen-bond donors (Lipinski definition) is 2. The van der Waals surface area contributed by atoms with Gasteiger partial charge in [0.2, 0.25) is 0 Å². The van der Waals surface area contributed by atoms with Gasteiger partial charge in [0, 0.05) is 18.6 Å². The molecule has 1 aliphatic carbocycles. The van der Waals surface area contributed by atoms with Crippen LogP contribution < -0.4 is 5.73 Å². The summed E-state index contributed by atoms with van der Waals surface area (Å²) in [6.45, 7) is 0.314. The minimum Gasteiger partial charge on any atom is -0.387 e. The molecule has 1 aliphatic rings. The van der Waals surface area contributed by atoms with E-state index in [-0.39, 0.29) is 12.1 Å². The summed E-state index contributed by atoms with van der Waals surface area (Å²) in [5.41, 5.74) is 5.04. The molecule has 7 heteroatoms. The van der Waals surface area contributed by atoms with Crippen LogP contribution in [-0.4, -0.2) is 61.6 Å². The number of hydrogen-bond acceptors (Lipinski definition) is 3. The quantitative estimate of drug-likeness (QED) is 0.573. The molecule has 0 aromatic heterocycles. The minimum atomic E-state index is -4.45. The molecule has 0 aromatic carbocycles. The van der Waals surface area contributed by atoms with Gasteiger partial charge in [-0.3, -0.25) is 5.41 Å². The van der Waals surface area contributed by atoms with E-state index in [1.165, 1.54) is 0 Å². The maximum Gasteiger partial charge on any atom is 0.399 e. The van der Waals surface area contributed by atoms with Gasteiger partial charge in [0.05, 0.1) is 0 Å². The first-order valence-corrected chi connectivity index (χ1v) is 6.35. The Kier molecular flexibility index (Phi) is 4.84. The first-order valence-electron chi connectivity index (χ1n) is 6.35. The number of nitrogens with one attached hydrogen (secondary N) is 1. The average molecular weight is 280 g/mol. The predicted octanol–water partition coefficient (Wildman–Crippen LogP) is 1.52. The molecule has 0 bridgehead atoms. The van der Waals surface area contributed by atoms with Gasteiger partial charge in [0.15, 0.2) is 0 Å². The molecule has 0 aromatic rings. The fourth-order valence-electron chi connectivity index (χ4n) is 2.59. The lowest BCUT2D eigenvalue weighted by atomic mass is 9.75. The summed E-state index contributed by atoms with van der Waals surface area (Å²) in [6.07, 6.45) is -1.34. The van der Waals surface area contributed by atoms with Crippen molar-refractivity contribution < 1.29 is 13.2 Å². The van der Waals surface area contributed by atoms with Gasteiger partial charge in [0.25, 0.3) is 0 Å². The molecular weight excluding hydrogens is 257 g/mol. The molecule has 3 N–H and O–H groups in total. The third-order valence-electron chi connectivity index (χ3n) is 4.06. The van der Waals surface area contributed by atoms with Gasteiger partial charge in [-0.25, -0.2) is 0 Å². The summed E-state index contributed by atoms with van der Waals surface area (Å²) in [5, 5.41) is 7.10. The number of halogens is 3. The summed E-state index contributed by atoms with van der Waals surface area (Å²) in [5.74, 6) is -2.69. The van der Waals surface area contributed by atoms with Crippen LogP contribution >= 0.6 is 0 Å². The van der Waals surface area contributed by atoms with E-state index < -0.39 is 17.9 Å². The molecule has 0 radical (unpaired) electrons. The number of likely N-dealkylation sites (N-methyl/N-ethyl adjacent to an activating group) is 2. The zero-order valence-corrected chi connectivity index (χ0v) is 11.7. The van der Waals surface area contributed by atoms with Crippen molar-refractivity contribution in [2.75, 3.05) is 34.2 Å². The highest BCUT2D eigenvalue weighted by molar-refractivity contribution is 5.80. The number of alkyl halides is 3. The molecule has 1 saturated carbocycles. The lowest BCUT2D eigenvalue weighted by molar-refractivity contribution is -0.160. The molecule has 0 saturated heterocycles. The second kappa shape index (κ2) is 5.66. The van der Waals surface area contributed by atoms with E-state index in [4.69, 9.17) is 11.1 Å². The van der Waals surface area contributed by atoms with Crippen molar-refractivity contribution in [1.29, 1.82) is 5.41 Å². The Hall–Kier alpha value is -0.820. The van der Waals surface area contributed by atoms with Gasteiger partial charge in [-0.2, -0.15) is 13.2 Å². The fourth-order valence-corrected chi connectivity index (χ4v) is 2.59. The Morgan fingerprint density at radius 2 is 1.84 bits per heavy atom. The summed E-state index contributed by atoms with van der Waals surface area (Å²) >= 11 is 0. The van der Waals surface area contributed by atoms with Crippen LogP contribution in [0.3, 0.4) is 0 Å². The molecule has 1 atom stereocenters. The first-order chi connectivity index (χ1) is 8.58. The Labute approximate surface area is 112 Å². The number of nitrogens with zero attached hydrogens (tertiary/aromatic N) is 2. The maximum absolute atomic E-state index is 12.8. The molecule has 1 fully saturated rings. The molecular formula is C12H23F3N4. The third-order valence-corrected chi connectivity index (χ3v) is 4.06. The SMILES string of the molecule is CN(CC(C(=N)N)C(F)(F)F)CC1(N(C)C)CCC1. The molecule has 0 heterocycles. The van der Waals surface area contributed by atoms with Crippen molar-refractivity contribution in [3.63, 3.8) is 0 Å². The first kappa shape index (κ1) is 16.2. The Bertz CT molecular complexity index is 323. The minimum absolute atomic E-state index is 0.0261. The summed E-state index contributed by atoms with van der Waals surface area (Å²) in [6, 6.07) is 0. The number of nitrogens with two attached hydrogens (primary N) is 1. The summed E-state index contributed by atoms with van der Waals surface area (Å²) < 4.78 is 38.3. The van der Waals surface area contributed by atoms with Crippen molar-refractivity contribution in [3.8, 4) is 0 Å². The molecule has 19 heavy (non-hydrogen) atoms. The lowest BCUT2D eigenvalue weighted by Gasteiger charge is -2.49. The molecule has 1 unspecified atom stereocenters. The summed E-state index contributed by atoms with van der Waals surface area (Å²) in [4.78, 5) is 3.72. The predicted molar refractivity (Wildman–Crippen MR) is 69.2 cm³/mol. The van der Waals surface area contributed by atoms with Gasteiger partial charge < -0.3 is 15.5 Å². The van der Waals surface area contributed by atoms with Crippen molar-refractivity contribution >= 4 is 5.84 Å². The second-order valence-corrected chi connectivity index (χ2v) is 5.72. The highest BCUT2D eigenvalue weighted by Crippen LogP contribution is 2.37. The van der Waals surface area contributed by atoms with Crippen molar-refractivity contribution in [2.24, 2.45) is 11.7 Å². The largest absolute Gasteiger partial charge is 0.399 e. The highest BCUT2D eigenvalue weighted by atomic mass is 19.4. The van der Waals surface area contributed by atoms with Gasteiger partial charge in [-0.05, 0) is 40.4 Å². The van der Waals surface area contributed by atoms with E-state index in [1.54, 1.807) is 11.9 Å². The monoisotopic (exact) mass is 280 g/mol. The van der Waals surface area contributed by atoms with E-state index >= 15 is 0 Å².